The minimum Gasteiger partial charge on any atom is -0.380 e. The highest BCUT2D eigenvalue weighted by Gasteiger charge is 2.41. The highest BCUT2D eigenvalue weighted by atomic mass is 19.4. The molecule has 0 saturated carbocycles. The van der Waals surface area contributed by atoms with Gasteiger partial charge in [0.1, 0.15) is 0 Å². The Morgan fingerprint density at radius 1 is 1.15 bits per heavy atom. The van der Waals surface area contributed by atoms with E-state index in [-0.39, 0.29) is 48.9 Å². The number of alkyl halides is 3. The van der Waals surface area contributed by atoms with Gasteiger partial charge in [-0.2, -0.15) is 13.2 Å². The number of nitrogens with zero attached hydrogens (tertiary/aromatic N) is 3. The Labute approximate surface area is 224 Å². The number of fused-ring (bicyclic) bond motifs is 2. The number of hydrogen-bond donors (Lipinski definition) is 1. The molecule has 0 radical (unpaired) electrons. The van der Waals surface area contributed by atoms with Crippen molar-refractivity contribution in [1.29, 1.82) is 0 Å². The summed E-state index contributed by atoms with van der Waals surface area (Å²) in [5.74, 6) is -0.910. The maximum atomic E-state index is 13.2. The van der Waals surface area contributed by atoms with E-state index in [0.29, 0.717) is 38.3 Å². The number of aromatic nitrogens is 1. The topological polar surface area (TPSA) is 84.0 Å². The van der Waals surface area contributed by atoms with Crippen molar-refractivity contribution in [2.24, 2.45) is 0 Å². The van der Waals surface area contributed by atoms with Crippen LogP contribution in [0.1, 0.15) is 51.6 Å². The second-order valence-electron chi connectivity index (χ2n) is 10.8. The number of hydrogen-bond acceptors (Lipinski definition) is 6. The summed E-state index contributed by atoms with van der Waals surface area (Å²) in [7, 11) is 0. The van der Waals surface area contributed by atoms with E-state index in [1.54, 1.807) is 6.20 Å². The van der Waals surface area contributed by atoms with Crippen LogP contribution in [0.5, 0.6) is 0 Å². The fraction of sp³-hybridized carbons (Fsp3) is 0.536. The molecule has 4 atom stereocenters. The van der Waals surface area contributed by atoms with Crippen LogP contribution in [-0.4, -0.2) is 84.2 Å². The van der Waals surface area contributed by atoms with Gasteiger partial charge in [-0.25, -0.2) is 0 Å². The van der Waals surface area contributed by atoms with Crippen molar-refractivity contribution in [3.63, 3.8) is 0 Å². The van der Waals surface area contributed by atoms with Gasteiger partial charge in [0.25, 0.3) is 5.91 Å². The molecule has 208 valence electrons. The van der Waals surface area contributed by atoms with E-state index in [1.165, 1.54) is 16.5 Å². The van der Waals surface area contributed by atoms with Crippen LogP contribution < -0.4 is 5.32 Å². The average Bonchev–Trinajstić information content (AvgIpc) is 3.66. The number of pyridine rings is 1. The van der Waals surface area contributed by atoms with Crippen LogP contribution in [-0.2, 0) is 33.3 Å². The van der Waals surface area contributed by atoms with Crippen molar-refractivity contribution >= 4 is 11.8 Å². The Morgan fingerprint density at radius 2 is 2.03 bits per heavy atom. The summed E-state index contributed by atoms with van der Waals surface area (Å²) < 4.78 is 51.8. The van der Waals surface area contributed by atoms with Gasteiger partial charge in [-0.1, -0.05) is 6.07 Å². The van der Waals surface area contributed by atoms with Gasteiger partial charge >= 0.3 is 6.18 Å². The maximum absolute atomic E-state index is 13.2. The largest absolute Gasteiger partial charge is 0.416 e. The Hall–Kier alpha value is -3.02. The fourth-order valence-electron chi connectivity index (χ4n) is 6.21. The minimum absolute atomic E-state index is 0.00636. The normalized spacial score (nSPS) is 27.1. The van der Waals surface area contributed by atoms with E-state index in [0.717, 1.165) is 37.0 Å². The fourth-order valence-corrected chi connectivity index (χ4v) is 6.21. The van der Waals surface area contributed by atoms with E-state index in [2.05, 4.69) is 15.2 Å². The number of halogens is 3. The third-order valence-corrected chi connectivity index (χ3v) is 8.31. The summed E-state index contributed by atoms with van der Waals surface area (Å²) in [5, 5.41) is 3.07. The lowest BCUT2D eigenvalue weighted by Gasteiger charge is -2.30. The molecule has 2 amide bonds. The number of rotatable bonds is 6. The van der Waals surface area contributed by atoms with E-state index >= 15 is 0 Å². The first-order valence-corrected chi connectivity index (χ1v) is 13.4. The zero-order valence-electron chi connectivity index (χ0n) is 21.5. The van der Waals surface area contributed by atoms with Crippen LogP contribution >= 0.6 is 0 Å². The molecule has 1 aliphatic carbocycles. The molecule has 2 saturated heterocycles. The van der Waals surface area contributed by atoms with Crippen molar-refractivity contribution in [2.45, 2.75) is 56.2 Å². The molecule has 3 unspecified atom stereocenters. The number of ether oxygens (including phenoxy) is 2. The molecule has 3 aliphatic heterocycles. The van der Waals surface area contributed by atoms with Crippen molar-refractivity contribution in [3.8, 4) is 0 Å². The van der Waals surface area contributed by atoms with Crippen molar-refractivity contribution < 1.29 is 32.2 Å². The van der Waals surface area contributed by atoms with E-state index in [9.17, 15) is 22.8 Å². The standard InChI is InChI=1S/C28H31F3N4O4/c29-28(30,31)19-3-1-18-6-9-34(27(37)21(18)11-19)15-26(36)33-23-13-35(20-7-10-38-16-20)14-25(23)39-24-4-2-17-5-8-32-12-22(17)24/h1,3,5,8,11-12,20,23-25H,2,4,6-7,9-10,13-16H2,(H,33,36)/t20?,23?,24?,25-/m0/s1. The molecule has 4 aliphatic rings. The Kier molecular flexibility index (Phi) is 7.07. The molecule has 8 nitrogen and oxygen atoms in total. The SMILES string of the molecule is O=C(CN1CCc2ccc(C(F)(F)F)cc2C1=O)NC1CN(C2CCOC2)C[C@@H]1OC1CCc2ccncc21. The summed E-state index contributed by atoms with van der Waals surface area (Å²) >= 11 is 0. The monoisotopic (exact) mass is 544 g/mol. The van der Waals surface area contributed by atoms with Crippen molar-refractivity contribution in [1.82, 2.24) is 20.1 Å². The molecule has 6 rings (SSSR count). The Morgan fingerprint density at radius 3 is 2.82 bits per heavy atom. The molecule has 0 spiro atoms. The van der Waals surface area contributed by atoms with Gasteiger partial charge in [-0.3, -0.25) is 19.5 Å². The van der Waals surface area contributed by atoms with E-state index in [4.69, 9.17) is 9.47 Å². The zero-order chi connectivity index (χ0) is 27.1. The molecule has 4 heterocycles. The van der Waals surface area contributed by atoms with Crippen LogP contribution in [0.25, 0.3) is 0 Å². The molecule has 1 N–H and O–H groups in total. The van der Waals surface area contributed by atoms with Crippen molar-refractivity contribution in [3.05, 3.63) is 64.5 Å². The number of nitrogens with one attached hydrogen (secondary N) is 1. The molecule has 1 aromatic carbocycles. The van der Waals surface area contributed by atoms with Crippen molar-refractivity contribution in [2.75, 3.05) is 39.4 Å². The molecule has 11 heteroatoms. The molecule has 39 heavy (non-hydrogen) atoms. The number of benzene rings is 1. The second-order valence-corrected chi connectivity index (χ2v) is 10.8. The lowest BCUT2D eigenvalue weighted by atomic mass is 9.96. The van der Waals surface area contributed by atoms with Crippen LogP contribution in [0, 0.1) is 0 Å². The van der Waals surface area contributed by atoms with E-state index < -0.39 is 17.6 Å². The van der Waals surface area contributed by atoms with Gasteiger partial charge in [-0.05, 0) is 55.0 Å². The first kappa shape index (κ1) is 26.2. The number of carbonyl (C=O) groups is 2. The van der Waals surface area contributed by atoms with Crippen LogP contribution in [0.2, 0.25) is 0 Å². The third-order valence-electron chi connectivity index (χ3n) is 8.31. The highest BCUT2D eigenvalue weighted by molar-refractivity contribution is 5.99. The van der Waals surface area contributed by atoms with Gasteiger partial charge in [0.2, 0.25) is 5.91 Å². The summed E-state index contributed by atoms with van der Waals surface area (Å²) in [4.78, 5) is 34.1. The first-order chi connectivity index (χ1) is 18.8. The Bertz CT molecular complexity index is 1250. The summed E-state index contributed by atoms with van der Waals surface area (Å²) in [6, 6.07) is 5.22. The number of amides is 2. The molecular formula is C28H31F3N4O4. The summed E-state index contributed by atoms with van der Waals surface area (Å²) in [6.45, 7) is 2.66. The molecule has 2 fully saturated rings. The van der Waals surface area contributed by atoms with Gasteiger partial charge in [0.15, 0.2) is 0 Å². The zero-order valence-corrected chi connectivity index (χ0v) is 21.5. The molecule has 1 aromatic heterocycles. The number of carbonyl (C=O) groups excluding carboxylic acids is 2. The summed E-state index contributed by atoms with van der Waals surface area (Å²) in [5.41, 5.74) is 2.02. The van der Waals surface area contributed by atoms with Gasteiger partial charge in [0.05, 0.1) is 37.0 Å². The quantitative estimate of drug-likeness (QED) is 0.603. The van der Waals surface area contributed by atoms with E-state index in [1.807, 2.05) is 12.3 Å². The summed E-state index contributed by atoms with van der Waals surface area (Å²) in [6.07, 6.45) is 1.83. The van der Waals surface area contributed by atoms with Gasteiger partial charge in [0, 0.05) is 55.8 Å². The minimum atomic E-state index is -4.54. The third kappa shape index (κ3) is 5.39. The molecule has 2 aromatic rings. The molecule has 0 bridgehead atoms. The lowest BCUT2D eigenvalue weighted by Crippen LogP contribution is -2.50. The lowest BCUT2D eigenvalue weighted by molar-refractivity contribution is -0.137. The highest BCUT2D eigenvalue weighted by Crippen LogP contribution is 2.36. The first-order valence-electron chi connectivity index (χ1n) is 13.4. The molecular weight excluding hydrogens is 513 g/mol. The predicted molar refractivity (Wildman–Crippen MR) is 134 cm³/mol. The number of aryl methyl sites for hydroxylation is 1. The smallest absolute Gasteiger partial charge is 0.380 e. The van der Waals surface area contributed by atoms with Crippen LogP contribution in [0.3, 0.4) is 0 Å². The van der Waals surface area contributed by atoms with Gasteiger partial charge in [-0.15, -0.1) is 0 Å². The maximum Gasteiger partial charge on any atom is 0.416 e. The van der Waals surface area contributed by atoms with Crippen LogP contribution in [0.4, 0.5) is 13.2 Å². The average molecular weight is 545 g/mol. The predicted octanol–water partition coefficient (Wildman–Crippen LogP) is 2.76. The Balaban J connectivity index is 1.13. The second kappa shape index (κ2) is 10.5. The number of likely N-dealkylation sites (tertiary alicyclic amines) is 1. The van der Waals surface area contributed by atoms with Crippen LogP contribution in [0.15, 0.2) is 36.7 Å². The van der Waals surface area contributed by atoms with Gasteiger partial charge < -0.3 is 19.7 Å².